The summed E-state index contributed by atoms with van der Waals surface area (Å²) in [5.74, 6) is -0.493. The molecule has 1 amide bonds. The van der Waals surface area contributed by atoms with Gasteiger partial charge < -0.3 is 0 Å². The van der Waals surface area contributed by atoms with E-state index in [1.807, 2.05) is 0 Å². The van der Waals surface area contributed by atoms with Crippen LogP contribution in [0.5, 0.6) is 0 Å². The molecule has 0 aliphatic heterocycles. The second kappa shape index (κ2) is 10.2. The Morgan fingerprint density at radius 3 is 2.17 bits per heavy atom. The lowest BCUT2D eigenvalue weighted by molar-refractivity contribution is -0.191. The fourth-order valence-corrected chi connectivity index (χ4v) is 1.49. The number of hydroxylamine groups is 1. The van der Waals surface area contributed by atoms with Gasteiger partial charge in [-0.15, -0.1) is 0 Å². The Kier molecular flexibility index (Phi) is 9.73. The molecule has 0 radical (unpaired) electrons. The van der Waals surface area contributed by atoms with Crippen LogP contribution in [0.4, 0.5) is 13.2 Å². The number of carbonyl (C=O) groups is 1. The van der Waals surface area contributed by atoms with Crippen LogP contribution in [0.2, 0.25) is 0 Å². The van der Waals surface area contributed by atoms with E-state index in [2.05, 4.69) is 11.8 Å². The molecule has 0 heterocycles. The summed E-state index contributed by atoms with van der Waals surface area (Å²) in [4.78, 5) is 15.1. The van der Waals surface area contributed by atoms with Crippen LogP contribution >= 0.6 is 0 Å². The molecule has 6 heteroatoms. The fourth-order valence-electron chi connectivity index (χ4n) is 1.49. The highest BCUT2D eigenvalue weighted by molar-refractivity contribution is 5.74. The van der Waals surface area contributed by atoms with Crippen LogP contribution in [-0.4, -0.2) is 18.7 Å². The third-order valence-electron chi connectivity index (χ3n) is 2.43. The van der Waals surface area contributed by atoms with Gasteiger partial charge >= 0.3 is 6.18 Å². The summed E-state index contributed by atoms with van der Waals surface area (Å²) in [5, 5.41) is 0. The highest BCUT2D eigenvalue weighted by Crippen LogP contribution is 2.13. The van der Waals surface area contributed by atoms with Gasteiger partial charge in [0.05, 0.1) is 0 Å². The van der Waals surface area contributed by atoms with Crippen molar-refractivity contribution in [3.05, 3.63) is 0 Å². The number of carbonyl (C=O) groups excluding carboxylic acids is 1. The lowest BCUT2D eigenvalue weighted by atomic mass is 10.1. The van der Waals surface area contributed by atoms with E-state index >= 15 is 0 Å². The first-order valence-electron chi connectivity index (χ1n) is 6.43. The molecule has 0 rings (SSSR count). The number of hydrogen-bond donors (Lipinski definition) is 1. The van der Waals surface area contributed by atoms with E-state index in [0.29, 0.717) is 6.42 Å². The maximum absolute atomic E-state index is 11.7. The first kappa shape index (κ1) is 17.2. The van der Waals surface area contributed by atoms with Crippen molar-refractivity contribution in [2.45, 2.75) is 64.5 Å². The predicted octanol–water partition coefficient (Wildman–Crippen LogP) is 3.74. The summed E-state index contributed by atoms with van der Waals surface area (Å²) < 4.78 is 35.1. The Hall–Kier alpha value is -0.780. The van der Waals surface area contributed by atoms with Crippen molar-refractivity contribution < 1.29 is 22.8 Å². The molecule has 0 bridgehead atoms. The summed E-state index contributed by atoms with van der Waals surface area (Å²) >= 11 is 0. The van der Waals surface area contributed by atoms with Gasteiger partial charge in [-0.2, -0.15) is 13.2 Å². The molecule has 0 atom stereocenters. The van der Waals surface area contributed by atoms with E-state index in [1.54, 1.807) is 5.48 Å². The molecule has 3 nitrogen and oxygen atoms in total. The van der Waals surface area contributed by atoms with Crippen LogP contribution in [0.3, 0.4) is 0 Å². The zero-order valence-corrected chi connectivity index (χ0v) is 10.8. The Bertz CT molecular complexity index is 220. The highest BCUT2D eigenvalue weighted by Gasteiger charge is 2.28. The molecule has 0 aromatic rings. The topological polar surface area (TPSA) is 38.3 Å². The van der Waals surface area contributed by atoms with E-state index in [1.165, 1.54) is 19.3 Å². The van der Waals surface area contributed by atoms with Gasteiger partial charge in [0.25, 0.3) is 0 Å². The first-order chi connectivity index (χ1) is 8.45. The van der Waals surface area contributed by atoms with Gasteiger partial charge in [0.15, 0.2) is 6.61 Å². The van der Waals surface area contributed by atoms with Gasteiger partial charge in [-0.3, -0.25) is 9.63 Å². The molecule has 0 saturated carbocycles. The Morgan fingerprint density at radius 2 is 1.61 bits per heavy atom. The smallest absolute Gasteiger partial charge is 0.273 e. The maximum Gasteiger partial charge on any atom is 0.414 e. The van der Waals surface area contributed by atoms with Gasteiger partial charge in [-0.25, -0.2) is 5.48 Å². The van der Waals surface area contributed by atoms with Crippen LogP contribution in [0.15, 0.2) is 0 Å². The lowest BCUT2D eigenvalue weighted by Gasteiger charge is -2.08. The number of rotatable bonds is 10. The zero-order valence-electron chi connectivity index (χ0n) is 10.8. The van der Waals surface area contributed by atoms with E-state index in [9.17, 15) is 18.0 Å². The third kappa shape index (κ3) is 13.3. The van der Waals surface area contributed by atoms with E-state index in [-0.39, 0.29) is 6.42 Å². The second-order valence-corrected chi connectivity index (χ2v) is 4.30. The van der Waals surface area contributed by atoms with Crippen LogP contribution in [0.25, 0.3) is 0 Å². The third-order valence-corrected chi connectivity index (χ3v) is 2.43. The molecular formula is C12H22F3NO2. The van der Waals surface area contributed by atoms with Gasteiger partial charge in [0.1, 0.15) is 0 Å². The molecule has 0 spiro atoms. The van der Waals surface area contributed by atoms with Crippen molar-refractivity contribution in [2.75, 3.05) is 6.61 Å². The van der Waals surface area contributed by atoms with Gasteiger partial charge in [0.2, 0.25) is 5.91 Å². The highest BCUT2D eigenvalue weighted by atomic mass is 19.4. The van der Waals surface area contributed by atoms with Crippen molar-refractivity contribution in [3.8, 4) is 0 Å². The molecule has 0 aliphatic rings. The minimum absolute atomic E-state index is 0.214. The summed E-state index contributed by atoms with van der Waals surface area (Å²) in [6.07, 6.45) is 3.26. The number of hydrogen-bond acceptors (Lipinski definition) is 2. The average Bonchev–Trinajstić information content (AvgIpc) is 2.26. The molecule has 0 aromatic carbocycles. The number of amides is 1. The molecule has 0 aromatic heterocycles. The largest absolute Gasteiger partial charge is 0.414 e. The number of alkyl halides is 3. The van der Waals surface area contributed by atoms with Gasteiger partial charge in [-0.1, -0.05) is 45.4 Å². The summed E-state index contributed by atoms with van der Waals surface area (Å²) in [7, 11) is 0. The molecular weight excluding hydrogens is 247 g/mol. The summed E-state index contributed by atoms with van der Waals surface area (Å²) in [5.41, 5.74) is 1.79. The van der Waals surface area contributed by atoms with Crippen LogP contribution in [-0.2, 0) is 9.63 Å². The molecule has 18 heavy (non-hydrogen) atoms. The number of halogens is 3. The average molecular weight is 269 g/mol. The molecule has 0 saturated heterocycles. The Morgan fingerprint density at radius 1 is 1.06 bits per heavy atom. The SMILES string of the molecule is CCCCCCCCCC(=O)NOCC(F)(F)F. The number of nitrogens with one attached hydrogen (secondary N) is 1. The molecule has 108 valence electrons. The molecule has 0 aliphatic carbocycles. The van der Waals surface area contributed by atoms with Crippen molar-refractivity contribution in [1.29, 1.82) is 0 Å². The number of unbranched alkanes of at least 4 members (excludes halogenated alkanes) is 6. The monoisotopic (exact) mass is 269 g/mol. The van der Waals surface area contributed by atoms with E-state index in [0.717, 1.165) is 19.3 Å². The van der Waals surface area contributed by atoms with Crippen molar-refractivity contribution >= 4 is 5.91 Å². The molecule has 0 unspecified atom stereocenters. The lowest BCUT2D eigenvalue weighted by Crippen LogP contribution is -2.29. The van der Waals surface area contributed by atoms with Crippen molar-refractivity contribution in [3.63, 3.8) is 0 Å². The van der Waals surface area contributed by atoms with Crippen molar-refractivity contribution in [2.24, 2.45) is 0 Å². The van der Waals surface area contributed by atoms with Crippen LogP contribution < -0.4 is 5.48 Å². The zero-order chi connectivity index (χ0) is 13.9. The summed E-state index contributed by atoms with van der Waals surface area (Å²) in [6.45, 7) is 0.695. The van der Waals surface area contributed by atoms with Crippen LogP contribution in [0, 0.1) is 0 Å². The Balaban J connectivity index is 3.27. The summed E-state index contributed by atoms with van der Waals surface area (Å²) in [6, 6.07) is 0. The minimum Gasteiger partial charge on any atom is -0.273 e. The quantitative estimate of drug-likeness (QED) is 0.484. The van der Waals surface area contributed by atoms with E-state index < -0.39 is 18.7 Å². The van der Waals surface area contributed by atoms with Crippen molar-refractivity contribution in [1.82, 2.24) is 5.48 Å². The minimum atomic E-state index is -4.41. The Labute approximate surface area is 106 Å². The predicted molar refractivity (Wildman–Crippen MR) is 62.8 cm³/mol. The molecule has 0 fully saturated rings. The first-order valence-corrected chi connectivity index (χ1v) is 6.43. The maximum atomic E-state index is 11.7. The van der Waals surface area contributed by atoms with E-state index in [4.69, 9.17) is 0 Å². The second-order valence-electron chi connectivity index (χ2n) is 4.30. The van der Waals surface area contributed by atoms with Gasteiger partial charge in [-0.05, 0) is 6.42 Å². The molecule has 1 N–H and O–H groups in total. The normalized spacial score (nSPS) is 11.6. The fraction of sp³-hybridized carbons (Fsp3) is 0.917. The van der Waals surface area contributed by atoms with Crippen LogP contribution in [0.1, 0.15) is 58.3 Å². The standard InChI is InChI=1S/C12H22F3NO2/c1-2-3-4-5-6-7-8-9-11(17)16-18-10-12(13,14)15/h2-10H2,1H3,(H,16,17). The van der Waals surface area contributed by atoms with Gasteiger partial charge in [0, 0.05) is 6.42 Å².